The predicted molar refractivity (Wildman–Crippen MR) is 112 cm³/mol. The van der Waals surface area contributed by atoms with Crippen molar-refractivity contribution in [2.24, 2.45) is 0 Å². The Balaban J connectivity index is 1.44. The maximum absolute atomic E-state index is 12.1. The second kappa shape index (κ2) is 10.5. The highest BCUT2D eigenvalue weighted by Crippen LogP contribution is 2.29. The van der Waals surface area contributed by atoms with Crippen molar-refractivity contribution in [2.45, 2.75) is 6.54 Å². The minimum atomic E-state index is -0.359. The highest BCUT2D eigenvalue weighted by Gasteiger charge is 2.10. The number of morpholine rings is 1. The van der Waals surface area contributed by atoms with E-state index in [1.54, 1.807) is 18.2 Å². The minimum Gasteiger partial charge on any atom is -0.492 e. The van der Waals surface area contributed by atoms with Gasteiger partial charge in [-0.3, -0.25) is 4.90 Å². The molecule has 1 aliphatic rings. The van der Waals surface area contributed by atoms with Crippen molar-refractivity contribution in [2.75, 3.05) is 44.8 Å². The molecule has 0 atom stereocenters. The summed E-state index contributed by atoms with van der Waals surface area (Å²) in [6.07, 6.45) is 0. The summed E-state index contributed by atoms with van der Waals surface area (Å²) < 4.78 is 11.2. The summed E-state index contributed by atoms with van der Waals surface area (Å²) in [7, 11) is 0. The largest absolute Gasteiger partial charge is 0.492 e. The highest BCUT2D eigenvalue weighted by atomic mass is 35.5. The van der Waals surface area contributed by atoms with Crippen LogP contribution in [0.3, 0.4) is 0 Å². The zero-order chi connectivity index (χ0) is 19.8. The quantitative estimate of drug-likeness (QED) is 0.705. The smallest absolute Gasteiger partial charge is 0.319 e. The standard InChI is InChI=1S/C20H23Cl2N3O3/c21-17-5-2-6-18(19(17)22)24-20(26)23-14-15-3-1-4-16(13-15)28-12-9-25-7-10-27-11-8-25/h1-6,13H,7-12,14H2,(H2,23,24,26). The number of nitrogens with zero attached hydrogens (tertiary/aromatic N) is 1. The minimum absolute atomic E-state index is 0.315. The first-order chi connectivity index (χ1) is 13.6. The molecule has 0 radical (unpaired) electrons. The number of amides is 2. The van der Waals surface area contributed by atoms with Crippen LogP contribution < -0.4 is 15.4 Å². The van der Waals surface area contributed by atoms with Crippen molar-refractivity contribution < 1.29 is 14.3 Å². The van der Waals surface area contributed by atoms with E-state index in [1.807, 2.05) is 24.3 Å². The zero-order valence-electron chi connectivity index (χ0n) is 15.4. The number of urea groups is 1. The van der Waals surface area contributed by atoms with Crippen molar-refractivity contribution in [1.82, 2.24) is 10.2 Å². The summed E-state index contributed by atoms with van der Waals surface area (Å²) in [4.78, 5) is 14.4. The maximum Gasteiger partial charge on any atom is 0.319 e. The van der Waals surface area contributed by atoms with Crippen molar-refractivity contribution in [3.8, 4) is 5.75 Å². The molecule has 0 aromatic heterocycles. The van der Waals surface area contributed by atoms with Crippen LogP contribution in [-0.4, -0.2) is 50.4 Å². The number of carbonyl (C=O) groups excluding carboxylic acids is 1. The van der Waals surface area contributed by atoms with Gasteiger partial charge in [0.25, 0.3) is 0 Å². The molecular formula is C20H23Cl2N3O3. The summed E-state index contributed by atoms with van der Waals surface area (Å²) in [6, 6.07) is 12.4. The third-order valence-corrected chi connectivity index (χ3v) is 5.15. The number of hydrogen-bond donors (Lipinski definition) is 2. The molecule has 8 heteroatoms. The van der Waals surface area contributed by atoms with Crippen LogP contribution in [0.25, 0.3) is 0 Å². The number of halogens is 2. The summed E-state index contributed by atoms with van der Waals surface area (Å²) in [6.45, 7) is 5.30. The van der Waals surface area contributed by atoms with Gasteiger partial charge in [-0.1, -0.05) is 41.4 Å². The Kier molecular flexibility index (Phi) is 7.80. The molecule has 0 aliphatic carbocycles. The molecule has 2 aromatic rings. The van der Waals surface area contributed by atoms with Gasteiger partial charge in [0.2, 0.25) is 0 Å². The number of carbonyl (C=O) groups is 1. The van der Waals surface area contributed by atoms with E-state index in [0.29, 0.717) is 28.9 Å². The lowest BCUT2D eigenvalue weighted by Gasteiger charge is -2.26. The molecule has 1 heterocycles. The average Bonchev–Trinajstić information content (AvgIpc) is 2.71. The average molecular weight is 424 g/mol. The number of benzene rings is 2. The molecule has 1 saturated heterocycles. The molecule has 0 saturated carbocycles. The molecule has 2 amide bonds. The number of nitrogens with one attached hydrogen (secondary N) is 2. The van der Waals surface area contributed by atoms with Crippen LogP contribution in [0, 0.1) is 0 Å². The van der Waals surface area contributed by atoms with Crippen LogP contribution in [0.2, 0.25) is 10.0 Å². The predicted octanol–water partition coefficient (Wildman–Crippen LogP) is 4.03. The third-order valence-electron chi connectivity index (χ3n) is 4.33. The third kappa shape index (κ3) is 6.27. The van der Waals surface area contributed by atoms with Gasteiger partial charge >= 0.3 is 6.03 Å². The lowest BCUT2D eigenvalue weighted by atomic mass is 10.2. The van der Waals surface area contributed by atoms with E-state index in [9.17, 15) is 4.79 Å². The van der Waals surface area contributed by atoms with E-state index in [4.69, 9.17) is 32.7 Å². The number of ether oxygens (including phenoxy) is 2. The fraction of sp³-hybridized carbons (Fsp3) is 0.350. The first kappa shape index (κ1) is 20.7. The lowest BCUT2D eigenvalue weighted by molar-refractivity contribution is 0.0322. The van der Waals surface area contributed by atoms with E-state index < -0.39 is 0 Å². The molecule has 2 aromatic carbocycles. The van der Waals surface area contributed by atoms with Gasteiger partial charge in [0.15, 0.2) is 0 Å². The van der Waals surface area contributed by atoms with Crippen LogP contribution in [0.1, 0.15) is 5.56 Å². The Morgan fingerprint density at radius 1 is 1.14 bits per heavy atom. The van der Waals surface area contributed by atoms with Gasteiger partial charge in [0, 0.05) is 26.2 Å². The van der Waals surface area contributed by atoms with E-state index >= 15 is 0 Å². The topological polar surface area (TPSA) is 62.8 Å². The number of rotatable bonds is 7. The molecule has 28 heavy (non-hydrogen) atoms. The summed E-state index contributed by atoms with van der Waals surface area (Å²) >= 11 is 12.0. The van der Waals surface area contributed by atoms with E-state index in [2.05, 4.69) is 15.5 Å². The van der Waals surface area contributed by atoms with Gasteiger partial charge in [0.1, 0.15) is 12.4 Å². The summed E-state index contributed by atoms with van der Waals surface area (Å²) in [5.41, 5.74) is 1.41. The first-order valence-electron chi connectivity index (χ1n) is 9.12. The molecular weight excluding hydrogens is 401 g/mol. The van der Waals surface area contributed by atoms with E-state index in [-0.39, 0.29) is 6.03 Å². The Morgan fingerprint density at radius 3 is 2.75 bits per heavy atom. The van der Waals surface area contributed by atoms with Gasteiger partial charge in [-0.25, -0.2) is 4.79 Å². The summed E-state index contributed by atoms with van der Waals surface area (Å²) in [5, 5.41) is 6.20. The van der Waals surface area contributed by atoms with E-state index in [0.717, 1.165) is 44.2 Å². The molecule has 1 fully saturated rings. The molecule has 6 nitrogen and oxygen atoms in total. The maximum atomic E-state index is 12.1. The van der Waals surface area contributed by atoms with Gasteiger partial charge < -0.3 is 20.1 Å². The van der Waals surface area contributed by atoms with Crippen LogP contribution in [0.5, 0.6) is 5.75 Å². The molecule has 2 N–H and O–H groups in total. The molecule has 3 rings (SSSR count). The second-order valence-corrected chi connectivity index (χ2v) is 7.14. The van der Waals surface area contributed by atoms with Crippen LogP contribution >= 0.6 is 23.2 Å². The Bertz CT molecular complexity index is 798. The molecule has 0 spiro atoms. The first-order valence-corrected chi connectivity index (χ1v) is 9.88. The Hall–Kier alpha value is -1.99. The van der Waals surface area contributed by atoms with Gasteiger partial charge in [-0.05, 0) is 29.8 Å². The molecule has 0 bridgehead atoms. The monoisotopic (exact) mass is 423 g/mol. The summed E-state index contributed by atoms with van der Waals surface area (Å²) in [5.74, 6) is 0.783. The van der Waals surface area contributed by atoms with Crippen LogP contribution in [0.4, 0.5) is 10.5 Å². The van der Waals surface area contributed by atoms with Crippen molar-refractivity contribution in [3.63, 3.8) is 0 Å². The second-order valence-electron chi connectivity index (χ2n) is 6.36. The molecule has 1 aliphatic heterocycles. The van der Waals surface area contributed by atoms with Crippen molar-refractivity contribution >= 4 is 34.9 Å². The molecule has 0 unspecified atom stereocenters. The Morgan fingerprint density at radius 2 is 1.93 bits per heavy atom. The van der Waals surface area contributed by atoms with Crippen molar-refractivity contribution in [3.05, 3.63) is 58.1 Å². The zero-order valence-corrected chi connectivity index (χ0v) is 16.9. The van der Waals surface area contributed by atoms with Gasteiger partial charge in [-0.2, -0.15) is 0 Å². The number of anilines is 1. The van der Waals surface area contributed by atoms with Crippen LogP contribution in [-0.2, 0) is 11.3 Å². The molecule has 150 valence electrons. The van der Waals surface area contributed by atoms with Gasteiger partial charge in [-0.15, -0.1) is 0 Å². The fourth-order valence-corrected chi connectivity index (χ4v) is 3.16. The Labute approximate surface area is 174 Å². The van der Waals surface area contributed by atoms with Gasteiger partial charge in [0.05, 0.1) is 28.9 Å². The SMILES string of the molecule is O=C(NCc1cccc(OCCN2CCOCC2)c1)Nc1cccc(Cl)c1Cl. The van der Waals surface area contributed by atoms with E-state index in [1.165, 1.54) is 0 Å². The van der Waals surface area contributed by atoms with Crippen LogP contribution in [0.15, 0.2) is 42.5 Å². The lowest BCUT2D eigenvalue weighted by Crippen LogP contribution is -2.38. The number of hydrogen-bond acceptors (Lipinski definition) is 4. The van der Waals surface area contributed by atoms with Crippen molar-refractivity contribution in [1.29, 1.82) is 0 Å². The normalized spacial score (nSPS) is 14.5. The highest BCUT2D eigenvalue weighted by molar-refractivity contribution is 6.43. The fourth-order valence-electron chi connectivity index (χ4n) is 2.81.